The summed E-state index contributed by atoms with van der Waals surface area (Å²) in [6.45, 7) is 2.55. The van der Waals surface area contributed by atoms with Gasteiger partial charge in [0.25, 0.3) is 0 Å². The molecule has 3 N–H and O–H groups in total. The molecule has 22 heavy (non-hydrogen) atoms. The Morgan fingerprint density at radius 1 is 1.32 bits per heavy atom. The highest BCUT2D eigenvalue weighted by Gasteiger charge is 2.13. The average molecular weight is 362 g/mol. The number of carbonyl (C=O) groups excluding carboxylic acids is 1. The van der Waals surface area contributed by atoms with Crippen molar-refractivity contribution in [2.45, 2.75) is 25.8 Å². The van der Waals surface area contributed by atoms with Crippen LogP contribution in [0.2, 0.25) is 0 Å². The van der Waals surface area contributed by atoms with Crippen molar-refractivity contribution >= 4 is 42.1 Å². The zero-order chi connectivity index (χ0) is 14.4. The fourth-order valence-corrected chi connectivity index (χ4v) is 2.58. The summed E-state index contributed by atoms with van der Waals surface area (Å²) in [5.74, 6) is -0.110. The molecule has 1 atom stereocenters. The number of nitrogens with two attached hydrogens (primary N) is 1. The van der Waals surface area contributed by atoms with E-state index in [0.29, 0.717) is 13.0 Å². The largest absolute Gasteiger partial charge is 0.354 e. The van der Waals surface area contributed by atoms with Crippen molar-refractivity contribution in [2.24, 2.45) is 5.73 Å². The molecule has 1 heterocycles. The molecule has 0 saturated carbocycles. The first-order chi connectivity index (χ1) is 9.65. The first kappa shape index (κ1) is 20.9. The molecule has 2 rings (SSSR count). The second kappa shape index (κ2) is 10.6. The Labute approximate surface area is 147 Å². The van der Waals surface area contributed by atoms with Gasteiger partial charge in [0, 0.05) is 18.3 Å². The lowest BCUT2D eigenvalue weighted by Gasteiger charge is -2.11. The smallest absolute Gasteiger partial charge is 0.237 e. The maximum Gasteiger partial charge on any atom is 0.237 e. The van der Waals surface area contributed by atoms with Gasteiger partial charge >= 0.3 is 0 Å². The molecule has 1 aromatic heterocycles. The van der Waals surface area contributed by atoms with Crippen LogP contribution in [0.15, 0.2) is 35.7 Å². The third-order valence-electron chi connectivity index (χ3n) is 2.98. The standard InChI is InChI=1S/C15H19N3OS.2ClH/c1-11-18-13(10-20-11)7-8-17-15(19)14(16)9-12-5-3-2-4-6-12;;/h2-6,10,14H,7-9,16H2,1H3,(H,17,19);2*1H/t14-;;/m0../s1. The second-order valence-corrected chi connectivity index (χ2v) is 5.76. The molecule has 4 nitrogen and oxygen atoms in total. The lowest BCUT2D eigenvalue weighted by atomic mass is 10.1. The Bertz CT molecular complexity index is 563. The van der Waals surface area contributed by atoms with Crippen molar-refractivity contribution in [2.75, 3.05) is 6.54 Å². The fourth-order valence-electron chi connectivity index (χ4n) is 1.93. The van der Waals surface area contributed by atoms with Gasteiger partial charge in [-0.3, -0.25) is 4.79 Å². The summed E-state index contributed by atoms with van der Waals surface area (Å²) >= 11 is 1.62. The van der Waals surface area contributed by atoms with Crippen molar-refractivity contribution < 1.29 is 4.79 Å². The molecule has 0 aliphatic carbocycles. The Morgan fingerprint density at radius 3 is 2.59 bits per heavy atom. The van der Waals surface area contributed by atoms with E-state index < -0.39 is 6.04 Å². The van der Waals surface area contributed by atoms with Gasteiger partial charge in [-0.05, 0) is 18.9 Å². The summed E-state index contributed by atoms with van der Waals surface area (Å²) in [6, 6.07) is 9.30. The summed E-state index contributed by atoms with van der Waals surface area (Å²) in [6.07, 6.45) is 1.30. The molecular formula is C15H21Cl2N3OS. The molecule has 0 fully saturated rings. The van der Waals surface area contributed by atoms with E-state index in [9.17, 15) is 4.79 Å². The first-order valence-corrected chi connectivity index (χ1v) is 7.51. The van der Waals surface area contributed by atoms with Crippen molar-refractivity contribution in [3.63, 3.8) is 0 Å². The molecule has 0 radical (unpaired) electrons. The molecule has 122 valence electrons. The Hall–Kier alpha value is -1.14. The SMILES string of the molecule is Cc1nc(CCNC(=O)[C@@H](N)Cc2ccccc2)cs1.Cl.Cl. The minimum absolute atomic E-state index is 0. The van der Waals surface area contributed by atoms with Gasteiger partial charge in [-0.15, -0.1) is 36.2 Å². The molecule has 0 spiro atoms. The monoisotopic (exact) mass is 361 g/mol. The predicted molar refractivity (Wildman–Crippen MR) is 96.2 cm³/mol. The highest BCUT2D eigenvalue weighted by Crippen LogP contribution is 2.07. The molecule has 1 aromatic carbocycles. The average Bonchev–Trinajstić information content (AvgIpc) is 2.85. The Morgan fingerprint density at radius 2 is 2.00 bits per heavy atom. The van der Waals surface area contributed by atoms with Crippen LogP contribution in [-0.2, 0) is 17.6 Å². The molecule has 0 aliphatic rings. The van der Waals surface area contributed by atoms with Crippen LogP contribution in [0.4, 0.5) is 0 Å². The number of benzene rings is 1. The van der Waals surface area contributed by atoms with Crippen LogP contribution in [0.1, 0.15) is 16.3 Å². The third kappa shape index (κ3) is 6.75. The minimum atomic E-state index is -0.505. The number of halogens is 2. The minimum Gasteiger partial charge on any atom is -0.354 e. The number of rotatable bonds is 6. The van der Waals surface area contributed by atoms with Crippen LogP contribution in [0.3, 0.4) is 0 Å². The van der Waals surface area contributed by atoms with Gasteiger partial charge < -0.3 is 11.1 Å². The highest BCUT2D eigenvalue weighted by molar-refractivity contribution is 7.09. The molecule has 1 amide bonds. The van der Waals surface area contributed by atoms with Gasteiger partial charge in [-0.1, -0.05) is 30.3 Å². The number of carbonyl (C=O) groups is 1. The maximum atomic E-state index is 11.9. The van der Waals surface area contributed by atoms with Crippen LogP contribution < -0.4 is 11.1 Å². The molecule has 0 bridgehead atoms. The van der Waals surface area contributed by atoms with E-state index >= 15 is 0 Å². The summed E-state index contributed by atoms with van der Waals surface area (Å²) in [4.78, 5) is 16.2. The van der Waals surface area contributed by atoms with Gasteiger partial charge in [-0.25, -0.2) is 4.98 Å². The molecule has 0 aliphatic heterocycles. The lowest BCUT2D eigenvalue weighted by Crippen LogP contribution is -2.42. The summed E-state index contributed by atoms with van der Waals surface area (Å²) < 4.78 is 0. The summed E-state index contributed by atoms with van der Waals surface area (Å²) in [7, 11) is 0. The van der Waals surface area contributed by atoms with Gasteiger partial charge in [-0.2, -0.15) is 0 Å². The van der Waals surface area contributed by atoms with E-state index in [4.69, 9.17) is 5.73 Å². The van der Waals surface area contributed by atoms with Crippen molar-refractivity contribution in [1.29, 1.82) is 0 Å². The topological polar surface area (TPSA) is 68.0 Å². The number of aryl methyl sites for hydroxylation is 1. The van der Waals surface area contributed by atoms with Gasteiger partial charge in [0.1, 0.15) is 0 Å². The number of nitrogens with zero attached hydrogens (tertiary/aromatic N) is 1. The fraction of sp³-hybridized carbons (Fsp3) is 0.333. The quantitative estimate of drug-likeness (QED) is 0.830. The van der Waals surface area contributed by atoms with E-state index in [2.05, 4.69) is 10.3 Å². The van der Waals surface area contributed by atoms with E-state index in [1.165, 1.54) is 0 Å². The maximum absolute atomic E-state index is 11.9. The molecule has 0 saturated heterocycles. The van der Waals surface area contributed by atoms with Crippen LogP contribution in [0, 0.1) is 6.92 Å². The van der Waals surface area contributed by atoms with E-state index in [-0.39, 0.29) is 30.7 Å². The zero-order valence-electron chi connectivity index (χ0n) is 12.3. The normalized spacial score (nSPS) is 11.0. The van der Waals surface area contributed by atoms with Crippen LogP contribution in [-0.4, -0.2) is 23.5 Å². The number of hydrogen-bond acceptors (Lipinski definition) is 4. The highest BCUT2D eigenvalue weighted by atomic mass is 35.5. The van der Waals surface area contributed by atoms with Crippen LogP contribution in [0.25, 0.3) is 0 Å². The second-order valence-electron chi connectivity index (χ2n) is 4.70. The van der Waals surface area contributed by atoms with E-state index in [0.717, 1.165) is 22.7 Å². The first-order valence-electron chi connectivity index (χ1n) is 6.63. The summed E-state index contributed by atoms with van der Waals surface area (Å²) in [5, 5.41) is 5.93. The molecule has 2 aromatic rings. The van der Waals surface area contributed by atoms with Crippen molar-refractivity contribution in [3.8, 4) is 0 Å². The van der Waals surface area contributed by atoms with Crippen molar-refractivity contribution in [3.05, 3.63) is 52.0 Å². The van der Waals surface area contributed by atoms with Gasteiger partial charge in [0.05, 0.1) is 16.7 Å². The third-order valence-corrected chi connectivity index (χ3v) is 3.80. The molecular weight excluding hydrogens is 341 g/mol. The number of aromatic nitrogens is 1. The molecule has 0 unspecified atom stereocenters. The van der Waals surface area contributed by atoms with Gasteiger partial charge in [0.15, 0.2) is 0 Å². The summed E-state index contributed by atoms with van der Waals surface area (Å²) in [5.41, 5.74) is 8.00. The Balaban J connectivity index is 0.00000220. The molecule has 7 heteroatoms. The van der Waals surface area contributed by atoms with Crippen LogP contribution >= 0.6 is 36.2 Å². The van der Waals surface area contributed by atoms with Gasteiger partial charge in [0.2, 0.25) is 5.91 Å². The lowest BCUT2D eigenvalue weighted by molar-refractivity contribution is -0.122. The number of amides is 1. The number of thiazole rings is 1. The van der Waals surface area contributed by atoms with Crippen LogP contribution in [0.5, 0.6) is 0 Å². The predicted octanol–water partition coefficient (Wildman–Crippen LogP) is 2.52. The van der Waals surface area contributed by atoms with Crippen molar-refractivity contribution in [1.82, 2.24) is 10.3 Å². The zero-order valence-corrected chi connectivity index (χ0v) is 14.8. The number of hydrogen-bond donors (Lipinski definition) is 2. The van der Waals surface area contributed by atoms with E-state index in [1.54, 1.807) is 11.3 Å². The number of nitrogens with one attached hydrogen (secondary N) is 1. The Kier molecular flexibility index (Phi) is 10.0. The van der Waals surface area contributed by atoms with E-state index in [1.807, 2.05) is 42.6 Å².